The van der Waals surface area contributed by atoms with Crippen molar-refractivity contribution >= 4 is 42.4 Å². The monoisotopic (exact) mass is 522 g/mol. The third-order valence-corrected chi connectivity index (χ3v) is 8.57. The Morgan fingerprint density at radius 3 is 2.29 bits per heavy atom. The first-order valence-electron chi connectivity index (χ1n) is 10.1. The molecule has 4 rings (SSSR count). The number of carboxylic acid groups (broad SMARTS) is 1. The zero-order valence-corrected chi connectivity index (χ0v) is 19.6. The fourth-order valence-electron chi connectivity index (χ4n) is 3.62. The highest BCUT2D eigenvalue weighted by Gasteiger charge is 2.35. The summed E-state index contributed by atoms with van der Waals surface area (Å²) < 4.78 is 82.8. The van der Waals surface area contributed by atoms with Crippen LogP contribution >= 0.6 is 11.3 Å². The van der Waals surface area contributed by atoms with E-state index in [1.165, 1.54) is 0 Å². The molecule has 35 heavy (non-hydrogen) atoms. The van der Waals surface area contributed by atoms with Crippen molar-refractivity contribution in [3.05, 3.63) is 94.8 Å². The topological polar surface area (TPSA) is 74.7 Å². The van der Waals surface area contributed by atoms with Crippen LogP contribution in [0.4, 0.5) is 22.6 Å². The number of fused-ring (bicyclic) bond motifs is 1. The minimum Gasteiger partial charge on any atom is -0.478 e. The number of anilines is 1. The Labute approximate surface area is 201 Å². The first kappa shape index (κ1) is 24.7. The van der Waals surface area contributed by atoms with Gasteiger partial charge in [-0.25, -0.2) is 17.6 Å². The van der Waals surface area contributed by atoms with Gasteiger partial charge in [0.1, 0.15) is 10.8 Å². The average Bonchev–Trinajstić information content (AvgIpc) is 3.13. The summed E-state index contributed by atoms with van der Waals surface area (Å²) in [5.74, 6) is -2.70. The lowest BCUT2D eigenvalue weighted by Gasteiger charge is -2.24. The smallest absolute Gasteiger partial charge is 0.419 e. The predicted molar refractivity (Wildman–Crippen MR) is 125 cm³/mol. The van der Waals surface area contributed by atoms with E-state index in [0.717, 1.165) is 56.1 Å². The van der Waals surface area contributed by atoms with Gasteiger partial charge in [-0.1, -0.05) is 24.3 Å². The molecule has 0 amide bonds. The standard InChI is InChI=1S/C24H17F4NO4S2/c1-14-18-4-2-3-5-21(18)34-22(14)29(13-15-6-11-20(25)19(12-15)24(26,27)28)35(32,33)17-9-7-16(8-10-17)23(30)31/h2-12H,13H2,1H3,(H,30,31)/i1-1. The molecule has 5 nitrogen and oxygen atoms in total. The van der Waals surface area contributed by atoms with E-state index in [1.807, 2.05) is 0 Å². The van der Waals surface area contributed by atoms with Crippen LogP contribution in [-0.2, 0) is 22.7 Å². The van der Waals surface area contributed by atoms with Crippen molar-refractivity contribution in [1.29, 1.82) is 0 Å². The number of aryl methyl sites for hydroxylation is 1. The van der Waals surface area contributed by atoms with Gasteiger partial charge < -0.3 is 5.11 Å². The molecular formula is C24H17F4NO4S2. The number of thiophene rings is 1. The molecule has 1 heterocycles. The summed E-state index contributed by atoms with van der Waals surface area (Å²) in [7, 11) is -4.35. The molecule has 0 spiro atoms. The number of alkyl halides is 3. The fraction of sp³-hybridized carbons (Fsp3) is 0.125. The Morgan fingerprint density at radius 1 is 1.03 bits per heavy atom. The number of halogens is 4. The molecule has 0 aliphatic heterocycles. The summed E-state index contributed by atoms with van der Waals surface area (Å²) in [5, 5.41) is 10.2. The minimum absolute atomic E-state index is 0.0682. The molecule has 0 bridgehead atoms. The second kappa shape index (κ2) is 8.97. The molecule has 1 aromatic heterocycles. The lowest BCUT2D eigenvalue weighted by molar-refractivity contribution is -0.140. The molecule has 0 atom stereocenters. The third-order valence-electron chi connectivity index (χ3n) is 5.40. The first-order chi connectivity index (χ1) is 16.4. The van der Waals surface area contributed by atoms with E-state index in [4.69, 9.17) is 5.11 Å². The zero-order chi connectivity index (χ0) is 25.5. The summed E-state index contributed by atoms with van der Waals surface area (Å²) in [5.41, 5.74) is -1.08. The molecule has 4 aromatic rings. The van der Waals surface area contributed by atoms with E-state index in [9.17, 15) is 30.8 Å². The summed E-state index contributed by atoms with van der Waals surface area (Å²) in [6, 6.07) is 14.0. The van der Waals surface area contributed by atoms with Gasteiger partial charge in [0.2, 0.25) is 0 Å². The first-order valence-corrected chi connectivity index (χ1v) is 12.3. The Morgan fingerprint density at radius 2 is 1.69 bits per heavy atom. The van der Waals surface area contributed by atoms with Gasteiger partial charge in [-0.15, -0.1) is 11.3 Å². The van der Waals surface area contributed by atoms with Gasteiger partial charge >= 0.3 is 12.1 Å². The normalized spacial score (nSPS) is 12.1. The number of sulfonamides is 1. The summed E-state index contributed by atoms with van der Waals surface area (Å²) in [4.78, 5) is 10.9. The quantitative estimate of drug-likeness (QED) is 0.295. The number of carboxylic acids is 1. The Balaban J connectivity index is 1.87. The Hall–Kier alpha value is -3.44. The van der Waals surface area contributed by atoms with Gasteiger partial charge in [0, 0.05) is 4.70 Å². The van der Waals surface area contributed by atoms with Crippen molar-refractivity contribution in [2.75, 3.05) is 4.31 Å². The molecule has 11 heteroatoms. The maximum absolute atomic E-state index is 13.8. The number of hydrogen-bond acceptors (Lipinski definition) is 4. The van der Waals surface area contributed by atoms with Gasteiger partial charge in [0.15, 0.2) is 0 Å². The molecule has 0 saturated carbocycles. The predicted octanol–water partition coefficient (Wildman–Crippen LogP) is 6.46. The van der Waals surface area contributed by atoms with E-state index >= 15 is 0 Å². The molecule has 182 valence electrons. The number of hydrogen-bond donors (Lipinski definition) is 1. The molecule has 0 unspecified atom stereocenters. The molecule has 0 radical (unpaired) electrons. The average molecular weight is 523 g/mol. The van der Waals surface area contributed by atoms with Gasteiger partial charge in [-0.3, -0.25) is 4.31 Å². The van der Waals surface area contributed by atoms with Crippen LogP contribution in [0, 0.1) is 12.7 Å². The maximum Gasteiger partial charge on any atom is 0.419 e. The second-order valence-corrected chi connectivity index (χ2v) is 10.6. The van der Waals surface area contributed by atoms with Gasteiger partial charge in [-0.05, 0) is 65.9 Å². The number of carbonyl (C=O) groups is 1. The van der Waals surface area contributed by atoms with Crippen LogP contribution in [0.5, 0.6) is 0 Å². The SMILES string of the molecule is [11CH3]c1c(N(Cc2ccc(F)c(C(F)(F)F)c2)S(=O)(=O)c2ccc(C(=O)O)cc2)sc2ccccc12. The Kier molecular flexibility index (Phi) is 6.32. The lowest BCUT2D eigenvalue weighted by Crippen LogP contribution is -2.30. The molecule has 0 aliphatic carbocycles. The third kappa shape index (κ3) is 4.73. The number of aromatic carboxylic acids is 1. The fourth-order valence-corrected chi connectivity index (χ4v) is 6.55. The summed E-state index contributed by atoms with van der Waals surface area (Å²) >= 11 is 1.15. The van der Waals surface area contributed by atoms with E-state index in [-0.39, 0.29) is 21.0 Å². The van der Waals surface area contributed by atoms with Gasteiger partial charge in [0.25, 0.3) is 10.0 Å². The Bertz CT molecular complexity index is 1530. The van der Waals surface area contributed by atoms with E-state index in [2.05, 4.69) is 0 Å². The molecule has 1 N–H and O–H groups in total. The van der Waals surface area contributed by atoms with Gasteiger partial charge in [-0.2, -0.15) is 13.2 Å². The summed E-state index contributed by atoms with van der Waals surface area (Å²) in [6.07, 6.45) is -4.95. The van der Waals surface area contributed by atoms with Crippen LogP contribution in [0.3, 0.4) is 0 Å². The van der Waals surface area contributed by atoms with Crippen LogP contribution in [0.25, 0.3) is 10.1 Å². The van der Waals surface area contributed by atoms with Crippen molar-refractivity contribution < 1.29 is 35.9 Å². The minimum atomic E-state index is -4.95. The number of rotatable bonds is 6. The van der Waals surface area contributed by atoms with Crippen molar-refractivity contribution in [3.63, 3.8) is 0 Å². The largest absolute Gasteiger partial charge is 0.478 e. The number of benzene rings is 3. The highest BCUT2D eigenvalue weighted by atomic mass is 32.2. The molecular weight excluding hydrogens is 505 g/mol. The van der Waals surface area contributed by atoms with Gasteiger partial charge in [0.05, 0.1) is 22.6 Å². The highest BCUT2D eigenvalue weighted by molar-refractivity contribution is 7.93. The molecule has 0 saturated heterocycles. The van der Waals surface area contributed by atoms with Crippen molar-refractivity contribution in [3.8, 4) is 0 Å². The number of nitrogens with zero attached hydrogens (tertiary/aromatic N) is 1. The van der Waals surface area contributed by atoms with Crippen LogP contribution in [0.15, 0.2) is 71.6 Å². The molecule has 3 aromatic carbocycles. The molecule has 0 fully saturated rings. The van der Waals surface area contributed by atoms with Crippen LogP contribution in [-0.4, -0.2) is 19.5 Å². The highest BCUT2D eigenvalue weighted by Crippen LogP contribution is 2.41. The van der Waals surface area contributed by atoms with Crippen LogP contribution in [0.2, 0.25) is 0 Å². The van der Waals surface area contributed by atoms with E-state index in [1.54, 1.807) is 31.2 Å². The molecule has 0 aliphatic rings. The van der Waals surface area contributed by atoms with Crippen molar-refractivity contribution in [2.45, 2.75) is 24.5 Å². The summed E-state index contributed by atoms with van der Waals surface area (Å²) in [6.45, 7) is 1.20. The van der Waals surface area contributed by atoms with Crippen LogP contribution < -0.4 is 4.31 Å². The maximum atomic E-state index is 13.8. The zero-order valence-electron chi connectivity index (χ0n) is 18.0. The van der Waals surface area contributed by atoms with E-state index in [0.29, 0.717) is 17.7 Å². The van der Waals surface area contributed by atoms with Crippen LogP contribution in [0.1, 0.15) is 27.0 Å². The second-order valence-electron chi connectivity index (χ2n) is 7.68. The van der Waals surface area contributed by atoms with E-state index < -0.39 is 40.1 Å². The lowest BCUT2D eigenvalue weighted by atomic mass is 10.0. The van der Waals surface area contributed by atoms with Crippen molar-refractivity contribution in [1.82, 2.24) is 0 Å². The van der Waals surface area contributed by atoms with Crippen molar-refractivity contribution in [2.24, 2.45) is 0 Å².